The number of thiophene rings is 1. The summed E-state index contributed by atoms with van der Waals surface area (Å²) in [6.45, 7) is 3.96. The van der Waals surface area contributed by atoms with Crippen molar-refractivity contribution in [2.75, 3.05) is 43.6 Å². The highest BCUT2D eigenvalue weighted by Gasteiger charge is 2.30. The molecule has 5 rings (SSSR count). The van der Waals surface area contributed by atoms with Crippen molar-refractivity contribution in [3.05, 3.63) is 17.5 Å². The maximum atomic E-state index is 5.17. The monoisotopic (exact) mass is 412 g/mol. The average Bonchev–Trinajstić information content (AvgIpc) is 3.16. The van der Waals surface area contributed by atoms with E-state index in [9.17, 15) is 0 Å². The van der Waals surface area contributed by atoms with Gasteiger partial charge in [-0.25, -0.2) is 15.0 Å². The van der Waals surface area contributed by atoms with Crippen LogP contribution in [0.25, 0.3) is 20.4 Å². The smallest absolute Gasteiger partial charge is 0.278 e. The van der Waals surface area contributed by atoms with Crippen LogP contribution in [0.3, 0.4) is 0 Å². The molecule has 2 N–H and O–H groups in total. The predicted octanol–water partition coefficient (Wildman–Crippen LogP) is 3.98. The van der Waals surface area contributed by atoms with Crippen molar-refractivity contribution < 1.29 is 9.72 Å². The highest BCUT2D eigenvalue weighted by atomic mass is 32.1. The molecule has 7 heteroatoms. The number of anilines is 2. The number of ether oxygens (including phenoxy) is 1. The number of hydrogen-bond acceptors (Lipinski definition) is 6. The van der Waals surface area contributed by atoms with Gasteiger partial charge < -0.3 is 10.1 Å². The van der Waals surface area contributed by atoms with Crippen LogP contribution < -0.4 is 15.2 Å². The van der Waals surface area contributed by atoms with Gasteiger partial charge >= 0.3 is 0 Å². The Morgan fingerprint density at radius 2 is 1.93 bits per heavy atom. The molecule has 1 aliphatic carbocycles. The molecular formula is C22H30N5OS+. The number of hydrogen-bond donors (Lipinski definition) is 1. The second-order valence-electron chi connectivity index (χ2n) is 8.16. The largest absolute Gasteiger partial charge is 0.385 e. The van der Waals surface area contributed by atoms with Crippen molar-refractivity contribution in [2.45, 2.75) is 51.4 Å². The molecule has 3 aromatic heterocycles. The summed E-state index contributed by atoms with van der Waals surface area (Å²) in [5.74, 6) is 2.32. The first-order valence-electron chi connectivity index (χ1n) is 11.0. The molecule has 1 saturated heterocycles. The van der Waals surface area contributed by atoms with E-state index >= 15 is 0 Å². The van der Waals surface area contributed by atoms with Crippen molar-refractivity contribution in [3.8, 4) is 0 Å². The van der Waals surface area contributed by atoms with Crippen molar-refractivity contribution in [2.24, 2.45) is 0 Å². The number of aryl methyl sites for hydroxylation is 1. The van der Waals surface area contributed by atoms with E-state index in [2.05, 4.69) is 20.2 Å². The molecule has 0 radical (unpaired) electrons. The van der Waals surface area contributed by atoms with Gasteiger partial charge in [0.2, 0.25) is 0 Å². The Hall–Kier alpha value is -1.99. The first-order chi connectivity index (χ1) is 14.4. The zero-order valence-corrected chi connectivity index (χ0v) is 18.0. The van der Waals surface area contributed by atoms with Gasteiger partial charge in [-0.15, -0.1) is 0 Å². The third-order valence-electron chi connectivity index (χ3n) is 6.25. The minimum absolute atomic E-state index is 0.758. The van der Waals surface area contributed by atoms with Gasteiger partial charge in [0.25, 0.3) is 5.82 Å². The van der Waals surface area contributed by atoms with Crippen LogP contribution in [0.1, 0.15) is 49.7 Å². The normalized spacial score (nSPS) is 17.1. The highest BCUT2D eigenvalue weighted by molar-refractivity contribution is 7.25. The Bertz CT molecular complexity index is 1010. The summed E-state index contributed by atoms with van der Waals surface area (Å²) >= 11 is 1.80. The fourth-order valence-corrected chi connectivity index (χ4v) is 5.99. The maximum Gasteiger partial charge on any atom is 0.278 e. The molecule has 0 amide bonds. The molecule has 4 heterocycles. The van der Waals surface area contributed by atoms with E-state index in [1.807, 2.05) is 0 Å². The third-order valence-corrected chi connectivity index (χ3v) is 7.35. The van der Waals surface area contributed by atoms with E-state index in [0.29, 0.717) is 0 Å². The molecule has 0 aromatic carbocycles. The number of piperidine rings is 1. The number of fused-ring (bicyclic) bond motifs is 5. The molecule has 29 heavy (non-hydrogen) atoms. The van der Waals surface area contributed by atoms with Gasteiger partial charge in [-0.3, -0.25) is 4.90 Å². The Balaban J connectivity index is 1.62. The fourth-order valence-electron chi connectivity index (χ4n) is 4.84. The quantitative estimate of drug-likeness (QED) is 0.621. The molecule has 1 fully saturated rings. The van der Waals surface area contributed by atoms with Gasteiger partial charge in [0, 0.05) is 25.8 Å². The van der Waals surface area contributed by atoms with E-state index in [0.717, 1.165) is 37.3 Å². The first kappa shape index (κ1) is 19.0. The molecule has 0 unspecified atom stereocenters. The number of aromatic amines is 1. The minimum atomic E-state index is 0.758. The lowest BCUT2D eigenvalue weighted by atomic mass is 9.89. The Morgan fingerprint density at radius 1 is 1.10 bits per heavy atom. The zero-order valence-electron chi connectivity index (χ0n) is 17.2. The van der Waals surface area contributed by atoms with Crippen LogP contribution in [-0.4, -0.2) is 43.3 Å². The van der Waals surface area contributed by atoms with Crippen LogP contribution in [0.15, 0.2) is 6.33 Å². The van der Waals surface area contributed by atoms with Gasteiger partial charge in [0.15, 0.2) is 4.83 Å². The summed E-state index contributed by atoms with van der Waals surface area (Å²) in [6.07, 6.45) is 11.5. The number of rotatable bonds is 6. The molecule has 0 saturated carbocycles. The topological polar surface area (TPSA) is 64.4 Å². The summed E-state index contributed by atoms with van der Waals surface area (Å²) in [6, 6.07) is 0. The number of pyridine rings is 1. The Kier molecular flexibility index (Phi) is 5.50. The summed E-state index contributed by atoms with van der Waals surface area (Å²) in [5, 5.41) is 4.83. The van der Waals surface area contributed by atoms with Crippen molar-refractivity contribution in [3.63, 3.8) is 0 Å². The molecule has 2 aliphatic rings. The summed E-state index contributed by atoms with van der Waals surface area (Å²) in [5.41, 5.74) is 4.17. The molecule has 3 aromatic rings. The second-order valence-corrected chi connectivity index (χ2v) is 9.19. The molecule has 0 atom stereocenters. The van der Waals surface area contributed by atoms with Crippen LogP contribution in [0.4, 0.5) is 11.6 Å². The minimum Gasteiger partial charge on any atom is -0.385 e. The van der Waals surface area contributed by atoms with E-state index in [1.165, 1.54) is 77.9 Å². The summed E-state index contributed by atoms with van der Waals surface area (Å²) in [7, 11) is 1.74. The van der Waals surface area contributed by atoms with Gasteiger partial charge in [0.05, 0.1) is 24.0 Å². The van der Waals surface area contributed by atoms with E-state index in [4.69, 9.17) is 9.72 Å². The first-order valence-corrected chi connectivity index (χ1v) is 11.8. The Labute approximate surface area is 175 Å². The lowest BCUT2D eigenvalue weighted by molar-refractivity contribution is -0.328. The summed E-state index contributed by atoms with van der Waals surface area (Å²) in [4.78, 5) is 17.0. The van der Waals surface area contributed by atoms with Crippen LogP contribution in [-0.2, 0) is 17.6 Å². The van der Waals surface area contributed by atoms with Crippen LogP contribution in [0, 0.1) is 0 Å². The number of nitrogens with one attached hydrogen (secondary N) is 2. The second kappa shape index (κ2) is 8.40. The lowest BCUT2D eigenvalue weighted by Gasteiger charge is -2.25. The van der Waals surface area contributed by atoms with Gasteiger partial charge in [-0.2, -0.15) is 0 Å². The van der Waals surface area contributed by atoms with Crippen LogP contribution in [0.2, 0.25) is 0 Å². The number of nitrogens with zero attached hydrogens (tertiary/aromatic N) is 3. The maximum absolute atomic E-state index is 5.17. The van der Waals surface area contributed by atoms with Crippen molar-refractivity contribution in [1.82, 2.24) is 9.97 Å². The van der Waals surface area contributed by atoms with Gasteiger partial charge in [-0.05, 0) is 56.9 Å². The number of aromatic nitrogens is 3. The number of H-pyrrole nitrogens is 1. The highest BCUT2D eigenvalue weighted by Crippen LogP contribution is 2.41. The van der Waals surface area contributed by atoms with E-state index in [-0.39, 0.29) is 0 Å². The summed E-state index contributed by atoms with van der Waals surface area (Å²) < 4.78 is 6.33. The standard InChI is InChI=1S/C22H29N5OS/c1-28-13-7-10-23-20-19-18(24-14-25-20)17-15-8-3-4-9-16(15)21(26-22(17)29-19)27-11-5-2-6-12-27/h14H,2-13H2,1H3,(H,23,24,25)/p+1. The van der Waals surface area contributed by atoms with Crippen molar-refractivity contribution in [1.29, 1.82) is 0 Å². The van der Waals surface area contributed by atoms with Crippen LogP contribution >= 0.6 is 11.3 Å². The fraction of sp³-hybridized carbons (Fsp3) is 0.591. The lowest BCUT2D eigenvalue weighted by Crippen LogP contribution is -2.36. The molecule has 0 bridgehead atoms. The number of methoxy groups -OCH3 is 1. The molecule has 154 valence electrons. The molecular weight excluding hydrogens is 382 g/mol. The molecule has 1 aliphatic heterocycles. The van der Waals surface area contributed by atoms with Gasteiger partial charge in [0.1, 0.15) is 16.8 Å². The van der Waals surface area contributed by atoms with Gasteiger partial charge in [-0.1, -0.05) is 11.3 Å². The van der Waals surface area contributed by atoms with Crippen molar-refractivity contribution >= 4 is 43.4 Å². The predicted molar refractivity (Wildman–Crippen MR) is 119 cm³/mol. The molecule has 0 spiro atoms. The average molecular weight is 413 g/mol. The van der Waals surface area contributed by atoms with E-state index < -0.39 is 0 Å². The Morgan fingerprint density at radius 3 is 2.76 bits per heavy atom. The van der Waals surface area contributed by atoms with E-state index in [1.54, 1.807) is 30.3 Å². The molecule has 6 nitrogen and oxygen atoms in total. The third kappa shape index (κ3) is 3.55. The SMILES string of the molecule is COCCCNc1ncnc2c1sc1[nH+]c(N3CCCCC3)c3c(c12)CCCC3. The zero-order chi connectivity index (χ0) is 19.6. The van der Waals surface area contributed by atoms with Crippen LogP contribution in [0.5, 0.6) is 0 Å².